The second kappa shape index (κ2) is 5.07. The first-order valence-electron chi connectivity index (χ1n) is 5.85. The number of aryl methyl sites for hydroxylation is 1. The van der Waals surface area contributed by atoms with Gasteiger partial charge in [0, 0.05) is 5.92 Å². The number of anilines is 1. The molecule has 2 N–H and O–H groups in total. The zero-order valence-corrected chi connectivity index (χ0v) is 10.8. The number of nitrogens with one attached hydrogen (secondary N) is 2. The molecule has 1 saturated heterocycles. The number of hydrogen-bond acceptors (Lipinski definition) is 2. The lowest BCUT2D eigenvalue weighted by molar-refractivity contribution is -0.121. The Labute approximate surface area is 107 Å². The summed E-state index contributed by atoms with van der Waals surface area (Å²) < 4.78 is 0. The van der Waals surface area contributed by atoms with Crippen molar-refractivity contribution in [2.75, 3.05) is 18.4 Å². The van der Waals surface area contributed by atoms with E-state index in [2.05, 4.69) is 10.6 Å². The Morgan fingerprint density at radius 3 is 2.76 bits per heavy atom. The van der Waals surface area contributed by atoms with Crippen LogP contribution in [0.15, 0.2) is 18.2 Å². The third kappa shape index (κ3) is 2.79. The molecule has 0 bridgehead atoms. The number of halogens is 1. The highest BCUT2D eigenvalue weighted by Gasteiger charge is 2.28. The van der Waals surface area contributed by atoms with Crippen LogP contribution in [-0.2, 0) is 4.79 Å². The van der Waals surface area contributed by atoms with E-state index in [1.165, 1.54) is 0 Å². The summed E-state index contributed by atoms with van der Waals surface area (Å²) in [6, 6.07) is 5.64. The van der Waals surface area contributed by atoms with Gasteiger partial charge < -0.3 is 10.6 Å². The Hall–Kier alpha value is -1.06. The lowest BCUT2D eigenvalue weighted by atomic mass is 9.88. The fraction of sp³-hybridized carbons (Fsp3) is 0.462. The van der Waals surface area contributed by atoms with Crippen LogP contribution < -0.4 is 10.6 Å². The molecule has 4 heteroatoms. The third-order valence-corrected chi connectivity index (χ3v) is 3.63. The largest absolute Gasteiger partial charge is 0.325 e. The molecule has 1 heterocycles. The maximum Gasteiger partial charge on any atom is 0.227 e. The molecule has 1 aromatic rings. The number of rotatable bonds is 3. The molecule has 92 valence electrons. The van der Waals surface area contributed by atoms with Crippen LogP contribution in [0.2, 0.25) is 5.02 Å². The first-order valence-corrected chi connectivity index (χ1v) is 6.23. The minimum Gasteiger partial charge on any atom is -0.325 e. The summed E-state index contributed by atoms with van der Waals surface area (Å²) in [5.41, 5.74) is 1.78. The van der Waals surface area contributed by atoms with E-state index in [0.717, 1.165) is 18.7 Å². The average molecular weight is 253 g/mol. The van der Waals surface area contributed by atoms with Crippen molar-refractivity contribution in [3.63, 3.8) is 0 Å². The molecular formula is C13H17ClN2O. The Bertz CT molecular complexity index is 429. The zero-order valence-electron chi connectivity index (χ0n) is 10.1. The normalized spacial score (nSPS) is 17.4. The van der Waals surface area contributed by atoms with Crippen molar-refractivity contribution in [2.45, 2.75) is 13.8 Å². The SMILES string of the molecule is Cc1ccc(NC(=O)C(C)C2CNC2)c(Cl)c1. The lowest BCUT2D eigenvalue weighted by Crippen LogP contribution is -2.48. The first kappa shape index (κ1) is 12.4. The number of amides is 1. The molecule has 0 saturated carbocycles. The quantitative estimate of drug-likeness (QED) is 0.868. The third-order valence-electron chi connectivity index (χ3n) is 3.32. The van der Waals surface area contributed by atoms with E-state index in [9.17, 15) is 4.79 Å². The summed E-state index contributed by atoms with van der Waals surface area (Å²) in [7, 11) is 0. The average Bonchev–Trinajstić information content (AvgIpc) is 2.19. The van der Waals surface area contributed by atoms with Crippen LogP contribution in [-0.4, -0.2) is 19.0 Å². The van der Waals surface area contributed by atoms with Crippen LogP contribution in [0.5, 0.6) is 0 Å². The van der Waals surface area contributed by atoms with Crippen molar-refractivity contribution in [3.8, 4) is 0 Å². The van der Waals surface area contributed by atoms with Crippen molar-refractivity contribution < 1.29 is 4.79 Å². The summed E-state index contributed by atoms with van der Waals surface area (Å²) >= 11 is 6.08. The second-order valence-corrected chi connectivity index (χ2v) is 5.09. The van der Waals surface area contributed by atoms with E-state index in [0.29, 0.717) is 16.6 Å². The van der Waals surface area contributed by atoms with E-state index in [4.69, 9.17) is 11.6 Å². The molecule has 1 unspecified atom stereocenters. The molecule has 1 fully saturated rings. The smallest absolute Gasteiger partial charge is 0.227 e. The Morgan fingerprint density at radius 2 is 2.24 bits per heavy atom. The monoisotopic (exact) mass is 252 g/mol. The molecule has 17 heavy (non-hydrogen) atoms. The molecule has 0 spiro atoms. The maximum absolute atomic E-state index is 12.0. The van der Waals surface area contributed by atoms with Gasteiger partial charge in [0.05, 0.1) is 10.7 Å². The van der Waals surface area contributed by atoms with Crippen LogP contribution in [0.4, 0.5) is 5.69 Å². The molecule has 0 radical (unpaired) electrons. The fourth-order valence-corrected chi connectivity index (χ4v) is 2.13. The molecule has 1 aromatic carbocycles. The molecule has 1 aliphatic rings. The lowest BCUT2D eigenvalue weighted by Gasteiger charge is -2.31. The zero-order chi connectivity index (χ0) is 12.4. The number of hydrogen-bond donors (Lipinski definition) is 2. The molecule has 3 nitrogen and oxygen atoms in total. The molecule has 1 atom stereocenters. The van der Waals surface area contributed by atoms with E-state index in [1.54, 1.807) is 0 Å². The van der Waals surface area contributed by atoms with Gasteiger partial charge >= 0.3 is 0 Å². The Kier molecular flexibility index (Phi) is 3.69. The summed E-state index contributed by atoms with van der Waals surface area (Å²) in [6.07, 6.45) is 0. The highest BCUT2D eigenvalue weighted by Crippen LogP contribution is 2.24. The van der Waals surface area contributed by atoms with Gasteiger partial charge in [0.25, 0.3) is 0 Å². The highest BCUT2D eigenvalue weighted by molar-refractivity contribution is 6.33. The predicted molar refractivity (Wildman–Crippen MR) is 70.3 cm³/mol. The summed E-state index contributed by atoms with van der Waals surface area (Å²) in [6.45, 7) is 5.79. The molecule has 1 amide bonds. The van der Waals surface area contributed by atoms with Crippen LogP contribution in [0.1, 0.15) is 12.5 Å². The van der Waals surface area contributed by atoms with Gasteiger partial charge in [-0.1, -0.05) is 24.6 Å². The molecular weight excluding hydrogens is 236 g/mol. The number of carbonyl (C=O) groups is 1. The number of carbonyl (C=O) groups excluding carboxylic acids is 1. The second-order valence-electron chi connectivity index (χ2n) is 4.68. The van der Waals surface area contributed by atoms with Gasteiger partial charge in [-0.05, 0) is 43.6 Å². The van der Waals surface area contributed by atoms with Gasteiger partial charge in [-0.25, -0.2) is 0 Å². The Balaban J connectivity index is 2.02. The summed E-state index contributed by atoms with van der Waals surface area (Å²) in [5.74, 6) is 0.509. The van der Waals surface area contributed by atoms with Gasteiger partial charge in [0.2, 0.25) is 5.91 Å². The van der Waals surface area contributed by atoms with E-state index >= 15 is 0 Å². The van der Waals surface area contributed by atoms with Gasteiger partial charge in [-0.2, -0.15) is 0 Å². The van der Waals surface area contributed by atoms with E-state index in [1.807, 2.05) is 32.0 Å². The van der Waals surface area contributed by atoms with E-state index in [-0.39, 0.29) is 11.8 Å². The number of benzene rings is 1. The van der Waals surface area contributed by atoms with Gasteiger partial charge in [-0.3, -0.25) is 4.79 Å². The van der Waals surface area contributed by atoms with Gasteiger partial charge in [-0.15, -0.1) is 0 Å². The fourth-order valence-electron chi connectivity index (χ4n) is 1.85. The van der Waals surface area contributed by atoms with Crippen molar-refractivity contribution in [1.82, 2.24) is 5.32 Å². The van der Waals surface area contributed by atoms with E-state index < -0.39 is 0 Å². The van der Waals surface area contributed by atoms with Gasteiger partial charge in [0.1, 0.15) is 0 Å². The van der Waals surface area contributed by atoms with Crippen LogP contribution in [0, 0.1) is 18.8 Å². The minimum atomic E-state index is 0.0219. The van der Waals surface area contributed by atoms with Gasteiger partial charge in [0.15, 0.2) is 0 Å². The van der Waals surface area contributed by atoms with Crippen molar-refractivity contribution in [3.05, 3.63) is 28.8 Å². The molecule has 2 rings (SSSR count). The molecule has 1 aliphatic heterocycles. The molecule has 0 aliphatic carbocycles. The van der Waals surface area contributed by atoms with Crippen molar-refractivity contribution in [2.24, 2.45) is 11.8 Å². The predicted octanol–water partition coefficient (Wildman–Crippen LogP) is 2.44. The minimum absolute atomic E-state index is 0.0219. The first-order chi connectivity index (χ1) is 8.08. The Morgan fingerprint density at radius 1 is 1.53 bits per heavy atom. The maximum atomic E-state index is 12.0. The van der Waals surface area contributed by atoms with Crippen molar-refractivity contribution in [1.29, 1.82) is 0 Å². The topological polar surface area (TPSA) is 41.1 Å². The van der Waals surface area contributed by atoms with Crippen molar-refractivity contribution >= 4 is 23.2 Å². The summed E-state index contributed by atoms with van der Waals surface area (Å²) in [4.78, 5) is 12.0. The molecule has 0 aromatic heterocycles. The van der Waals surface area contributed by atoms with Crippen LogP contribution >= 0.6 is 11.6 Å². The highest BCUT2D eigenvalue weighted by atomic mass is 35.5. The van der Waals surface area contributed by atoms with Crippen LogP contribution in [0.25, 0.3) is 0 Å². The standard InChI is InChI=1S/C13H17ClN2O/c1-8-3-4-12(11(14)5-8)16-13(17)9(2)10-6-15-7-10/h3-5,9-10,15H,6-7H2,1-2H3,(H,16,17). The van der Waals surface area contributed by atoms with Crippen LogP contribution in [0.3, 0.4) is 0 Å². The summed E-state index contributed by atoms with van der Waals surface area (Å²) in [5, 5.41) is 6.66.